The van der Waals surface area contributed by atoms with Gasteiger partial charge in [0.05, 0.1) is 6.33 Å². The van der Waals surface area contributed by atoms with Gasteiger partial charge in [0.15, 0.2) is 0 Å². The number of aliphatic hydroxyl groups excluding tert-OH is 1. The highest BCUT2D eigenvalue weighted by Gasteiger charge is 2.21. The van der Waals surface area contributed by atoms with Crippen LogP contribution >= 0.6 is 0 Å². The second-order valence-electron chi connectivity index (χ2n) is 4.63. The molecule has 112 valence electrons. The Morgan fingerprint density at radius 3 is 2.65 bits per heavy atom. The minimum Gasteiger partial charge on any atom is -0.480 e. The number of carboxylic acids is 1. The molecule has 1 aromatic rings. The maximum atomic E-state index is 11.9. The van der Waals surface area contributed by atoms with Crippen molar-refractivity contribution in [3.05, 3.63) is 18.7 Å². The average molecular weight is 283 g/mol. The van der Waals surface area contributed by atoms with Gasteiger partial charge in [0.1, 0.15) is 6.04 Å². The van der Waals surface area contributed by atoms with Crippen LogP contribution in [0.3, 0.4) is 0 Å². The molecular weight excluding hydrogens is 262 g/mol. The van der Waals surface area contributed by atoms with E-state index in [2.05, 4.69) is 10.3 Å². The van der Waals surface area contributed by atoms with Crippen LogP contribution in [0.15, 0.2) is 18.7 Å². The molecule has 0 radical (unpaired) electrons. The van der Waals surface area contributed by atoms with Crippen LogP contribution < -0.4 is 5.32 Å². The van der Waals surface area contributed by atoms with Crippen molar-refractivity contribution in [2.24, 2.45) is 0 Å². The van der Waals surface area contributed by atoms with E-state index >= 15 is 0 Å². The topological polar surface area (TPSA) is 104 Å². The standard InChI is InChI=1S/C13H21N3O4/c1-2-3-10(16-6-5-14-9-16)8-12(18)15-11(4-7-17)13(19)20/h5-6,9-11,17H,2-4,7-8H2,1H3,(H,15,18)(H,19,20). The Bertz CT molecular complexity index is 419. The number of aromatic nitrogens is 2. The molecule has 7 nitrogen and oxygen atoms in total. The third kappa shape index (κ3) is 5.00. The first kappa shape index (κ1) is 16.2. The Kier molecular flexibility index (Phi) is 6.72. The van der Waals surface area contributed by atoms with Crippen molar-refractivity contribution in [3.63, 3.8) is 0 Å². The molecule has 0 aliphatic heterocycles. The summed E-state index contributed by atoms with van der Waals surface area (Å²) in [5.41, 5.74) is 0. The zero-order valence-corrected chi connectivity index (χ0v) is 11.5. The van der Waals surface area contributed by atoms with Gasteiger partial charge in [-0.1, -0.05) is 13.3 Å². The van der Waals surface area contributed by atoms with Crippen molar-refractivity contribution >= 4 is 11.9 Å². The Hall–Kier alpha value is -1.89. The van der Waals surface area contributed by atoms with Crippen molar-refractivity contribution in [1.82, 2.24) is 14.9 Å². The van der Waals surface area contributed by atoms with E-state index in [0.717, 1.165) is 12.8 Å². The average Bonchev–Trinajstić information content (AvgIpc) is 2.91. The zero-order valence-electron chi connectivity index (χ0n) is 11.5. The fourth-order valence-corrected chi connectivity index (χ4v) is 2.03. The van der Waals surface area contributed by atoms with Crippen molar-refractivity contribution in [3.8, 4) is 0 Å². The van der Waals surface area contributed by atoms with Gasteiger partial charge < -0.3 is 20.1 Å². The maximum Gasteiger partial charge on any atom is 0.326 e. The summed E-state index contributed by atoms with van der Waals surface area (Å²) in [6.07, 6.45) is 7.00. The molecule has 0 aliphatic carbocycles. The summed E-state index contributed by atoms with van der Waals surface area (Å²) >= 11 is 0. The molecule has 2 atom stereocenters. The highest BCUT2D eigenvalue weighted by molar-refractivity contribution is 5.83. The minimum atomic E-state index is -1.14. The first-order valence-electron chi connectivity index (χ1n) is 6.69. The molecule has 0 saturated carbocycles. The molecule has 1 rings (SSSR count). The zero-order chi connectivity index (χ0) is 15.0. The first-order chi connectivity index (χ1) is 9.58. The third-order valence-electron chi connectivity index (χ3n) is 3.04. The lowest BCUT2D eigenvalue weighted by atomic mass is 10.1. The van der Waals surface area contributed by atoms with Gasteiger partial charge >= 0.3 is 5.97 Å². The van der Waals surface area contributed by atoms with Gasteiger partial charge in [0.25, 0.3) is 0 Å². The lowest BCUT2D eigenvalue weighted by Gasteiger charge is -2.19. The molecule has 0 fully saturated rings. The molecule has 2 unspecified atom stereocenters. The van der Waals surface area contributed by atoms with E-state index in [4.69, 9.17) is 10.2 Å². The predicted molar refractivity (Wildman–Crippen MR) is 72.1 cm³/mol. The number of carbonyl (C=O) groups excluding carboxylic acids is 1. The Labute approximate surface area is 117 Å². The summed E-state index contributed by atoms with van der Waals surface area (Å²) in [6.45, 7) is 1.74. The fraction of sp³-hybridized carbons (Fsp3) is 0.615. The lowest BCUT2D eigenvalue weighted by molar-refractivity contribution is -0.142. The summed E-state index contributed by atoms with van der Waals surface area (Å²) in [5.74, 6) is -1.47. The number of imidazole rings is 1. The number of rotatable bonds is 9. The fourth-order valence-electron chi connectivity index (χ4n) is 2.03. The highest BCUT2D eigenvalue weighted by atomic mass is 16.4. The van der Waals surface area contributed by atoms with Gasteiger partial charge in [-0.2, -0.15) is 0 Å². The third-order valence-corrected chi connectivity index (χ3v) is 3.04. The van der Waals surface area contributed by atoms with E-state index in [0.29, 0.717) is 0 Å². The van der Waals surface area contributed by atoms with Crippen LogP contribution in [0.1, 0.15) is 38.6 Å². The quantitative estimate of drug-likeness (QED) is 0.614. The number of nitrogens with zero attached hydrogens (tertiary/aromatic N) is 2. The molecule has 0 aliphatic rings. The Balaban J connectivity index is 2.59. The van der Waals surface area contributed by atoms with Crippen LogP contribution in [0, 0.1) is 0 Å². The Morgan fingerprint density at radius 2 is 2.15 bits per heavy atom. The monoisotopic (exact) mass is 283 g/mol. The molecule has 1 aromatic heterocycles. The van der Waals surface area contributed by atoms with Gasteiger partial charge in [-0.3, -0.25) is 4.79 Å². The number of hydrogen-bond acceptors (Lipinski definition) is 4. The molecular formula is C13H21N3O4. The number of nitrogens with one attached hydrogen (secondary N) is 1. The SMILES string of the molecule is CCCC(CC(=O)NC(CCO)C(=O)O)n1ccnc1. The molecule has 0 spiro atoms. The molecule has 0 aromatic carbocycles. The van der Waals surface area contributed by atoms with E-state index in [1.54, 1.807) is 18.7 Å². The smallest absolute Gasteiger partial charge is 0.326 e. The van der Waals surface area contributed by atoms with Crippen molar-refractivity contribution in [2.45, 2.75) is 44.7 Å². The van der Waals surface area contributed by atoms with E-state index in [-0.39, 0.29) is 31.4 Å². The molecule has 0 bridgehead atoms. The molecule has 3 N–H and O–H groups in total. The molecule has 0 saturated heterocycles. The van der Waals surface area contributed by atoms with E-state index in [1.165, 1.54) is 0 Å². The van der Waals surface area contributed by atoms with E-state index in [1.807, 2.05) is 11.5 Å². The predicted octanol–water partition coefficient (Wildman–Crippen LogP) is 0.566. The van der Waals surface area contributed by atoms with Gasteiger partial charge in [-0.05, 0) is 6.42 Å². The first-order valence-corrected chi connectivity index (χ1v) is 6.69. The second kappa shape index (κ2) is 8.31. The van der Waals surface area contributed by atoms with Crippen molar-refractivity contribution in [1.29, 1.82) is 0 Å². The number of carbonyl (C=O) groups is 2. The van der Waals surface area contributed by atoms with E-state index < -0.39 is 12.0 Å². The molecule has 20 heavy (non-hydrogen) atoms. The van der Waals surface area contributed by atoms with Crippen LogP contribution in [-0.2, 0) is 9.59 Å². The Morgan fingerprint density at radius 1 is 1.40 bits per heavy atom. The van der Waals surface area contributed by atoms with E-state index in [9.17, 15) is 9.59 Å². The second-order valence-corrected chi connectivity index (χ2v) is 4.63. The number of aliphatic hydroxyl groups is 1. The molecule has 7 heteroatoms. The van der Waals surface area contributed by atoms with Gasteiger partial charge in [-0.25, -0.2) is 9.78 Å². The number of carboxylic acid groups (broad SMARTS) is 1. The highest BCUT2D eigenvalue weighted by Crippen LogP contribution is 2.17. The van der Waals surface area contributed by atoms with Crippen LogP contribution in [0.4, 0.5) is 0 Å². The van der Waals surface area contributed by atoms with Crippen LogP contribution in [0.5, 0.6) is 0 Å². The lowest BCUT2D eigenvalue weighted by Crippen LogP contribution is -2.42. The molecule has 1 heterocycles. The van der Waals surface area contributed by atoms with Gasteiger partial charge in [0, 0.05) is 37.9 Å². The largest absolute Gasteiger partial charge is 0.480 e. The summed E-state index contributed by atoms with van der Waals surface area (Å²) in [6, 6.07) is -1.08. The molecule has 1 amide bonds. The number of hydrogen-bond donors (Lipinski definition) is 3. The van der Waals surface area contributed by atoms with Crippen LogP contribution in [0.2, 0.25) is 0 Å². The summed E-state index contributed by atoms with van der Waals surface area (Å²) < 4.78 is 1.85. The summed E-state index contributed by atoms with van der Waals surface area (Å²) in [4.78, 5) is 26.8. The normalized spacial score (nSPS) is 13.7. The maximum absolute atomic E-state index is 11.9. The van der Waals surface area contributed by atoms with Crippen molar-refractivity contribution in [2.75, 3.05) is 6.61 Å². The number of amides is 1. The number of aliphatic carboxylic acids is 1. The van der Waals surface area contributed by atoms with Crippen LogP contribution in [0.25, 0.3) is 0 Å². The summed E-state index contributed by atoms with van der Waals surface area (Å²) in [5, 5.41) is 20.2. The van der Waals surface area contributed by atoms with Gasteiger partial charge in [-0.15, -0.1) is 0 Å². The minimum absolute atomic E-state index is 0.00456. The van der Waals surface area contributed by atoms with Crippen LogP contribution in [-0.4, -0.2) is 44.3 Å². The van der Waals surface area contributed by atoms with Crippen molar-refractivity contribution < 1.29 is 19.8 Å². The van der Waals surface area contributed by atoms with Gasteiger partial charge in [0.2, 0.25) is 5.91 Å². The summed E-state index contributed by atoms with van der Waals surface area (Å²) in [7, 11) is 0.